The van der Waals surface area contributed by atoms with Crippen molar-refractivity contribution in [3.63, 3.8) is 0 Å². The highest BCUT2D eigenvalue weighted by molar-refractivity contribution is 5.45. The number of hydrogen-bond acceptors (Lipinski definition) is 5. The molecular formula is C18H17F6N3O2. The second-order valence-electron chi connectivity index (χ2n) is 6.63. The van der Waals surface area contributed by atoms with Crippen molar-refractivity contribution >= 4 is 5.69 Å². The van der Waals surface area contributed by atoms with Crippen LogP contribution in [0, 0.1) is 5.92 Å². The van der Waals surface area contributed by atoms with Gasteiger partial charge >= 0.3 is 12.5 Å². The van der Waals surface area contributed by atoms with Gasteiger partial charge in [0.2, 0.25) is 0 Å². The molecular weight excluding hydrogens is 404 g/mol. The van der Waals surface area contributed by atoms with E-state index in [1.807, 2.05) is 4.90 Å². The number of aliphatic hydroxyl groups is 1. The fourth-order valence-corrected chi connectivity index (χ4v) is 3.30. The van der Waals surface area contributed by atoms with Gasteiger partial charge in [0.1, 0.15) is 11.4 Å². The van der Waals surface area contributed by atoms with Crippen LogP contribution in [0.3, 0.4) is 0 Å². The lowest BCUT2D eigenvalue weighted by atomic mass is 9.87. The molecule has 1 aliphatic rings. The van der Waals surface area contributed by atoms with E-state index in [1.54, 1.807) is 0 Å². The summed E-state index contributed by atoms with van der Waals surface area (Å²) in [4.78, 5) is 9.00. The third-order valence-corrected chi connectivity index (χ3v) is 4.74. The Kier molecular flexibility index (Phi) is 5.87. The molecule has 2 aromatic heterocycles. The topological polar surface area (TPSA) is 58.5 Å². The number of rotatable bonds is 4. The summed E-state index contributed by atoms with van der Waals surface area (Å²) in [6.45, 7) is 0.814. The summed E-state index contributed by atoms with van der Waals surface area (Å²) >= 11 is 0. The van der Waals surface area contributed by atoms with Gasteiger partial charge in [-0.05, 0) is 37.0 Å². The molecule has 5 nitrogen and oxygen atoms in total. The van der Waals surface area contributed by atoms with Crippen LogP contribution in [0.15, 0.2) is 36.8 Å². The van der Waals surface area contributed by atoms with Gasteiger partial charge in [-0.3, -0.25) is 4.98 Å². The first-order valence-electron chi connectivity index (χ1n) is 8.70. The number of nitrogens with zero attached hydrogens (tertiary/aromatic N) is 3. The highest BCUT2D eigenvalue weighted by Crippen LogP contribution is 2.37. The van der Waals surface area contributed by atoms with Gasteiger partial charge in [-0.2, -0.15) is 13.2 Å². The first-order chi connectivity index (χ1) is 13.5. The number of aromatic nitrogens is 2. The second kappa shape index (κ2) is 8.05. The molecule has 1 N–H and O–H groups in total. The van der Waals surface area contributed by atoms with Crippen molar-refractivity contribution in [2.45, 2.75) is 31.5 Å². The normalized spacial score (nSPS) is 17.3. The number of ether oxygens (including phenoxy) is 1. The lowest BCUT2D eigenvalue weighted by Gasteiger charge is -2.35. The van der Waals surface area contributed by atoms with Crippen molar-refractivity contribution in [2.75, 3.05) is 18.0 Å². The molecule has 29 heavy (non-hydrogen) atoms. The van der Waals surface area contributed by atoms with Gasteiger partial charge in [-0.1, -0.05) is 0 Å². The van der Waals surface area contributed by atoms with E-state index >= 15 is 0 Å². The van der Waals surface area contributed by atoms with Gasteiger partial charge in [0.25, 0.3) is 0 Å². The molecule has 3 rings (SSSR count). The second-order valence-corrected chi connectivity index (χ2v) is 6.63. The zero-order chi connectivity index (χ0) is 21.2. The van der Waals surface area contributed by atoms with E-state index in [9.17, 15) is 31.4 Å². The monoisotopic (exact) mass is 421 g/mol. The van der Waals surface area contributed by atoms with E-state index in [1.165, 1.54) is 6.07 Å². The lowest BCUT2D eigenvalue weighted by molar-refractivity contribution is -0.275. The zero-order valence-electron chi connectivity index (χ0n) is 14.9. The average molecular weight is 421 g/mol. The van der Waals surface area contributed by atoms with Crippen molar-refractivity contribution in [2.24, 2.45) is 5.92 Å². The summed E-state index contributed by atoms with van der Waals surface area (Å²) in [6.07, 6.45) is -6.38. The van der Waals surface area contributed by atoms with Crippen LogP contribution in [0.25, 0.3) is 0 Å². The summed E-state index contributed by atoms with van der Waals surface area (Å²) in [5, 5.41) is 10.6. The molecule has 0 radical (unpaired) electrons. The Hall–Kier alpha value is -2.56. The predicted molar refractivity (Wildman–Crippen MR) is 90.1 cm³/mol. The highest BCUT2D eigenvalue weighted by atomic mass is 19.4. The molecule has 1 saturated heterocycles. The SMILES string of the molecule is OC(c1cnccc1OC(F)(F)F)C1CCN(c2ccc(C(F)(F)F)nc2)CC1. The summed E-state index contributed by atoms with van der Waals surface area (Å²) in [5.74, 6) is -0.859. The molecule has 11 heteroatoms. The third kappa shape index (κ3) is 5.28. The maximum absolute atomic E-state index is 12.6. The standard InChI is InChI=1S/C18H17F6N3O2/c19-17(20,21)15-2-1-12(9-26-15)27-7-4-11(5-8-27)16(28)13-10-25-6-3-14(13)29-18(22,23)24/h1-3,6,9-11,16,28H,4-5,7-8H2. The number of pyridine rings is 2. The van der Waals surface area contributed by atoms with E-state index in [2.05, 4.69) is 14.7 Å². The Balaban J connectivity index is 1.65. The molecule has 0 aromatic carbocycles. The molecule has 0 aliphatic carbocycles. The van der Waals surface area contributed by atoms with Gasteiger partial charge in [0.15, 0.2) is 0 Å². The molecule has 158 valence electrons. The number of halogens is 6. The number of anilines is 1. The maximum atomic E-state index is 12.6. The number of piperidine rings is 1. The Bertz CT molecular complexity index is 818. The summed E-state index contributed by atoms with van der Waals surface area (Å²) in [5.41, 5.74) is -0.534. The fourth-order valence-electron chi connectivity index (χ4n) is 3.30. The fraction of sp³-hybridized carbons (Fsp3) is 0.444. The quantitative estimate of drug-likeness (QED) is 0.745. The minimum atomic E-state index is -4.89. The molecule has 1 atom stereocenters. The van der Waals surface area contributed by atoms with Gasteiger partial charge in [0, 0.05) is 31.0 Å². The molecule has 1 fully saturated rings. The van der Waals surface area contributed by atoms with Crippen molar-refractivity contribution in [3.05, 3.63) is 48.0 Å². The maximum Gasteiger partial charge on any atom is 0.573 e. The Labute approximate surface area is 162 Å². The van der Waals surface area contributed by atoms with E-state index in [4.69, 9.17) is 0 Å². The van der Waals surface area contributed by atoms with E-state index < -0.39 is 30.1 Å². The van der Waals surface area contributed by atoms with Crippen LogP contribution in [-0.2, 0) is 6.18 Å². The van der Waals surface area contributed by atoms with Crippen molar-refractivity contribution in [1.82, 2.24) is 9.97 Å². The minimum absolute atomic E-state index is 0.0560. The third-order valence-electron chi connectivity index (χ3n) is 4.74. The number of alkyl halides is 6. The summed E-state index contributed by atoms with van der Waals surface area (Å²) in [6, 6.07) is 3.25. The van der Waals surface area contributed by atoms with E-state index in [0.717, 1.165) is 30.7 Å². The van der Waals surface area contributed by atoms with Gasteiger partial charge < -0.3 is 14.7 Å². The largest absolute Gasteiger partial charge is 0.573 e. The molecule has 3 heterocycles. The van der Waals surface area contributed by atoms with Crippen LogP contribution in [-0.4, -0.2) is 34.5 Å². The molecule has 0 amide bonds. The first-order valence-corrected chi connectivity index (χ1v) is 8.70. The van der Waals surface area contributed by atoms with Gasteiger partial charge in [-0.25, -0.2) is 4.98 Å². The molecule has 1 unspecified atom stereocenters. The highest BCUT2D eigenvalue weighted by Gasteiger charge is 2.35. The summed E-state index contributed by atoms with van der Waals surface area (Å²) < 4.78 is 79.5. The van der Waals surface area contributed by atoms with Crippen molar-refractivity contribution in [1.29, 1.82) is 0 Å². The van der Waals surface area contributed by atoms with Crippen molar-refractivity contribution < 1.29 is 36.2 Å². The lowest BCUT2D eigenvalue weighted by Crippen LogP contribution is -2.36. The Morgan fingerprint density at radius 3 is 2.28 bits per heavy atom. The van der Waals surface area contributed by atoms with Crippen molar-refractivity contribution in [3.8, 4) is 5.75 Å². The molecule has 0 spiro atoms. The molecule has 0 bridgehead atoms. The molecule has 2 aromatic rings. The van der Waals surface area contributed by atoms with Crippen LogP contribution in [0.5, 0.6) is 5.75 Å². The Morgan fingerprint density at radius 1 is 1.03 bits per heavy atom. The smallest absolute Gasteiger partial charge is 0.405 e. The molecule has 0 saturated carbocycles. The van der Waals surface area contributed by atoms with Crippen LogP contribution in [0.4, 0.5) is 32.0 Å². The van der Waals surface area contributed by atoms with Crippen LogP contribution >= 0.6 is 0 Å². The average Bonchev–Trinajstić information content (AvgIpc) is 2.66. The zero-order valence-corrected chi connectivity index (χ0v) is 14.9. The minimum Gasteiger partial charge on any atom is -0.405 e. The Morgan fingerprint density at radius 2 is 1.72 bits per heavy atom. The van der Waals surface area contributed by atoms with Crippen LogP contribution < -0.4 is 9.64 Å². The van der Waals surface area contributed by atoms with E-state index in [0.29, 0.717) is 31.6 Å². The van der Waals surface area contributed by atoms with E-state index in [-0.39, 0.29) is 11.5 Å². The predicted octanol–water partition coefficient (Wildman–Crippen LogP) is 4.34. The van der Waals surface area contributed by atoms with Gasteiger partial charge in [0.05, 0.1) is 18.0 Å². The first kappa shape index (κ1) is 21.2. The summed E-state index contributed by atoms with van der Waals surface area (Å²) in [7, 11) is 0. The molecule has 1 aliphatic heterocycles. The van der Waals surface area contributed by atoms with Crippen LogP contribution in [0.2, 0.25) is 0 Å². The van der Waals surface area contributed by atoms with Gasteiger partial charge in [-0.15, -0.1) is 13.2 Å². The van der Waals surface area contributed by atoms with Crippen LogP contribution in [0.1, 0.15) is 30.2 Å². The number of aliphatic hydroxyl groups excluding tert-OH is 1. The number of hydrogen-bond donors (Lipinski definition) is 1.